The first kappa shape index (κ1) is 18.4. The molecule has 5 aromatic rings. The van der Waals surface area contributed by atoms with E-state index in [1.807, 2.05) is 66.7 Å². The summed E-state index contributed by atoms with van der Waals surface area (Å²) in [6.45, 7) is 0.334. The molecule has 5 rings (SSSR count). The molecule has 0 fully saturated rings. The molecule has 0 unspecified atom stereocenters. The van der Waals surface area contributed by atoms with Gasteiger partial charge in [0.2, 0.25) is 0 Å². The predicted molar refractivity (Wildman–Crippen MR) is 121 cm³/mol. The van der Waals surface area contributed by atoms with Crippen molar-refractivity contribution in [1.29, 1.82) is 0 Å². The minimum atomic E-state index is -0.356. The summed E-state index contributed by atoms with van der Waals surface area (Å²) in [7, 11) is 1.62. The van der Waals surface area contributed by atoms with E-state index in [1.165, 1.54) is 15.9 Å². The van der Waals surface area contributed by atoms with Gasteiger partial charge < -0.3 is 4.74 Å². The van der Waals surface area contributed by atoms with Gasteiger partial charge in [0, 0.05) is 10.1 Å². The van der Waals surface area contributed by atoms with E-state index in [0.717, 1.165) is 21.4 Å². The highest BCUT2D eigenvalue weighted by Crippen LogP contribution is 2.31. The zero-order valence-electron chi connectivity index (χ0n) is 16.2. The summed E-state index contributed by atoms with van der Waals surface area (Å²) in [5, 5.41) is 0.912. The van der Waals surface area contributed by atoms with Crippen LogP contribution >= 0.6 is 11.3 Å². The average Bonchev–Trinajstić information content (AvgIpc) is 3.18. The zero-order valence-corrected chi connectivity index (χ0v) is 17.1. The highest BCUT2D eigenvalue weighted by atomic mass is 32.1. The van der Waals surface area contributed by atoms with Crippen LogP contribution < -0.4 is 16.0 Å². The molecule has 2 aromatic heterocycles. The van der Waals surface area contributed by atoms with E-state index in [9.17, 15) is 9.59 Å². The first-order valence-electron chi connectivity index (χ1n) is 9.53. The minimum Gasteiger partial charge on any atom is -0.497 e. The molecule has 0 bridgehead atoms. The van der Waals surface area contributed by atoms with Crippen molar-refractivity contribution in [2.75, 3.05) is 7.11 Å². The van der Waals surface area contributed by atoms with Crippen LogP contribution in [0.15, 0.2) is 88.5 Å². The molecule has 0 N–H and O–H groups in total. The number of hydrogen-bond donors (Lipinski definition) is 0. The van der Waals surface area contributed by atoms with Gasteiger partial charge >= 0.3 is 5.69 Å². The van der Waals surface area contributed by atoms with E-state index in [2.05, 4.69) is 0 Å². The molecule has 30 heavy (non-hydrogen) atoms. The van der Waals surface area contributed by atoms with Gasteiger partial charge in [-0.1, -0.05) is 48.5 Å². The molecule has 0 aliphatic rings. The van der Waals surface area contributed by atoms with Crippen molar-refractivity contribution in [3.8, 4) is 11.4 Å². The van der Waals surface area contributed by atoms with Crippen molar-refractivity contribution in [3.63, 3.8) is 0 Å². The van der Waals surface area contributed by atoms with Crippen LogP contribution in [-0.2, 0) is 6.54 Å². The van der Waals surface area contributed by atoms with Gasteiger partial charge in [0.1, 0.15) is 10.4 Å². The van der Waals surface area contributed by atoms with Gasteiger partial charge in [-0.3, -0.25) is 9.36 Å². The van der Waals surface area contributed by atoms with Crippen LogP contribution in [0.3, 0.4) is 0 Å². The quantitative estimate of drug-likeness (QED) is 0.437. The Morgan fingerprint density at radius 1 is 0.900 bits per heavy atom. The predicted octanol–water partition coefficient (Wildman–Crippen LogP) is 4.42. The summed E-state index contributed by atoms with van der Waals surface area (Å²) in [6, 6.07) is 24.5. The normalized spacial score (nSPS) is 11.2. The Morgan fingerprint density at radius 3 is 2.47 bits per heavy atom. The molecule has 0 aliphatic carbocycles. The van der Waals surface area contributed by atoms with Gasteiger partial charge in [-0.05, 0) is 35.9 Å². The molecule has 0 spiro atoms. The summed E-state index contributed by atoms with van der Waals surface area (Å²) >= 11 is 1.42. The topological polar surface area (TPSA) is 53.2 Å². The first-order valence-corrected chi connectivity index (χ1v) is 10.3. The molecule has 0 radical (unpaired) electrons. The second-order valence-electron chi connectivity index (χ2n) is 6.97. The molecular formula is C24H18N2O3S. The Bertz CT molecular complexity index is 1500. The third-order valence-corrected chi connectivity index (χ3v) is 6.30. The fourth-order valence-electron chi connectivity index (χ4n) is 3.75. The Labute approximate surface area is 176 Å². The summed E-state index contributed by atoms with van der Waals surface area (Å²) in [5.74, 6) is 0.725. The second-order valence-corrected chi connectivity index (χ2v) is 8.02. The highest BCUT2D eigenvalue weighted by Gasteiger charge is 2.19. The molecule has 148 valence electrons. The number of ether oxygens (including phenoxy) is 1. The van der Waals surface area contributed by atoms with E-state index in [0.29, 0.717) is 22.4 Å². The molecule has 5 nitrogen and oxygen atoms in total. The number of aromatic nitrogens is 2. The highest BCUT2D eigenvalue weighted by molar-refractivity contribution is 7.25. The number of para-hydroxylation sites is 1. The van der Waals surface area contributed by atoms with Crippen molar-refractivity contribution in [2.24, 2.45) is 0 Å². The lowest BCUT2D eigenvalue weighted by molar-refractivity contribution is 0.414. The minimum absolute atomic E-state index is 0.288. The monoisotopic (exact) mass is 414 g/mol. The fraction of sp³-hybridized carbons (Fsp3) is 0.0833. The second kappa shape index (κ2) is 7.31. The Balaban J connectivity index is 1.87. The number of methoxy groups -OCH3 is 1. The smallest absolute Gasteiger partial charge is 0.336 e. The molecule has 2 heterocycles. The molecule has 0 saturated carbocycles. The molecule has 0 aliphatic heterocycles. The largest absolute Gasteiger partial charge is 0.497 e. The SMILES string of the molecule is COc1cccc(Cn2c(=O)n(-c3ccccc3)c(=O)c3sc4ccccc4c32)c1. The molecule has 0 saturated heterocycles. The van der Waals surface area contributed by atoms with Crippen molar-refractivity contribution in [2.45, 2.75) is 6.54 Å². The number of thiophene rings is 1. The van der Waals surface area contributed by atoms with Gasteiger partial charge in [-0.15, -0.1) is 11.3 Å². The van der Waals surface area contributed by atoms with E-state index in [-0.39, 0.29) is 11.2 Å². The summed E-state index contributed by atoms with van der Waals surface area (Å²) in [5.41, 5.74) is 1.52. The fourth-order valence-corrected chi connectivity index (χ4v) is 4.89. The van der Waals surface area contributed by atoms with Crippen LogP contribution in [-0.4, -0.2) is 16.2 Å². The maximum Gasteiger partial charge on any atom is 0.336 e. The molecule has 3 aromatic carbocycles. The van der Waals surface area contributed by atoms with Crippen LogP contribution in [0.4, 0.5) is 0 Å². The van der Waals surface area contributed by atoms with Gasteiger partial charge in [-0.25, -0.2) is 9.36 Å². The number of nitrogens with zero attached hydrogens (tertiary/aromatic N) is 2. The van der Waals surface area contributed by atoms with Crippen LogP contribution in [0.2, 0.25) is 0 Å². The average molecular weight is 414 g/mol. The summed E-state index contributed by atoms with van der Waals surface area (Å²) in [6.07, 6.45) is 0. The third-order valence-electron chi connectivity index (χ3n) is 5.15. The number of benzene rings is 3. The Hall–Kier alpha value is -3.64. The standard InChI is InChI=1S/C24H18N2O3S/c1-29-18-11-7-8-16(14-18)15-25-21-19-12-5-6-13-20(19)30-22(21)23(27)26(24(25)28)17-9-3-2-4-10-17/h2-14H,15H2,1H3. The van der Waals surface area contributed by atoms with Crippen LogP contribution in [0.1, 0.15) is 5.56 Å². The summed E-state index contributed by atoms with van der Waals surface area (Å²) in [4.78, 5) is 27.0. The maximum atomic E-state index is 13.6. The maximum absolute atomic E-state index is 13.6. The van der Waals surface area contributed by atoms with Crippen LogP contribution in [0.5, 0.6) is 5.75 Å². The zero-order chi connectivity index (χ0) is 20.7. The van der Waals surface area contributed by atoms with Crippen molar-refractivity contribution in [3.05, 3.63) is 105 Å². The lowest BCUT2D eigenvalue weighted by Gasteiger charge is -2.13. The third kappa shape index (κ3) is 2.93. The first-order chi connectivity index (χ1) is 14.7. The molecule has 0 amide bonds. The van der Waals surface area contributed by atoms with E-state index in [1.54, 1.807) is 23.8 Å². The Kier molecular flexibility index (Phi) is 4.48. The number of hydrogen-bond acceptors (Lipinski definition) is 4. The van der Waals surface area contributed by atoms with Gasteiger partial charge in [0.05, 0.1) is 24.9 Å². The number of fused-ring (bicyclic) bond motifs is 3. The Morgan fingerprint density at radius 2 is 1.67 bits per heavy atom. The molecule has 6 heteroatoms. The molecular weight excluding hydrogens is 396 g/mol. The lowest BCUT2D eigenvalue weighted by atomic mass is 10.2. The van der Waals surface area contributed by atoms with Gasteiger partial charge in [0.25, 0.3) is 5.56 Å². The van der Waals surface area contributed by atoms with E-state index in [4.69, 9.17) is 4.74 Å². The van der Waals surface area contributed by atoms with Crippen molar-refractivity contribution < 1.29 is 4.74 Å². The van der Waals surface area contributed by atoms with Crippen molar-refractivity contribution >= 4 is 31.6 Å². The molecule has 0 atom stereocenters. The van der Waals surface area contributed by atoms with E-state index >= 15 is 0 Å². The van der Waals surface area contributed by atoms with Crippen LogP contribution in [0.25, 0.3) is 26.0 Å². The van der Waals surface area contributed by atoms with Gasteiger partial charge in [-0.2, -0.15) is 0 Å². The summed E-state index contributed by atoms with van der Waals surface area (Å²) < 4.78 is 9.84. The van der Waals surface area contributed by atoms with Gasteiger partial charge in [0.15, 0.2) is 0 Å². The van der Waals surface area contributed by atoms with Crippen LogP contribution in [0, 0.1) is 0 Å². The van der Waals surface area contributed by atoms with E-state index < -0.39 is 0 Å². The van der Waals surface area contributed by atoms with Crippen molar-refractivity contribution in [1.82, 2.24) is 9.13 Å². The lowest BCUT2D eigenvalue weighted by Crippen LogP contribution is -2.38. The number of rotatable bonds is 4.